The van der Waals surface area contributed by atoms with Gasteiger partial charge in [0.15, 0.2) is 5.82 Å². The highest BCUT2D eigenvalue weighted by Gasteiger charge is 2.18. The molecule has 5 nitrogen and oxygen atoms in total. The molecule has 1 aromatic heterocycles. The summed E-state index contributed by atoms with van der Waals surface area (Å²) >= 11 is 0.986. The summed E-state index contributed by atoms with van der Waals surface area (Å²) in [6, 6.07) is 3.18. The van der Waals surface area contributed by atoms with Gasteiger partial charge in [-0.3, -0.25) is 4.79 Å². The van der Waals surface area contributed by atoms with Crippen LogP contribution in [0, 0.1) is 11.6 Å². The Balaban J connectivity index is 2.19. The molecule has 0 saturated heterocycles. The van der Waals surface area contributed by atoms with Crippen LogP contribution in [-0.4, -0.2) is 17.3 Å². The molecule has 0 saturated carbocycles. The first-order valence-electron chi connectivity index (χ1n) is 5.68. The SMILES string of the molecule is CNC(=O)c1c(N)nsc1NCc1cc(F)ccc1F. The summed E-state index contributed by atoms with van der Waals surface area (Å²) in [5.74, 6) is -1.36. The van der Waals surface area contributed by atoms with Crippen molar-refractivity contribution in [3.05, 3.63) is 41.0 Å². The van der Waals surface area contributed by atoms with Crippen molar-refractivity contribution in [2.75, 3.05) is 18.1 Å². The number of rotatable bonds is 4. The number of carbonyl (C=O) groups excluding carboxylic acids is 1. The number of aromatic nitrogens is 1. The second-order valence-electron chi connectivity index (χ2n) is 3.94. The summed E-state index contributed by atoms with van der Waals surface area (Å²) in [6.07, 6.45) is 0. The van der Waals surface area contributed by atoms with E-state index in [-0.39, 0.29) is 23.5 Å². The monoisotopic (exact) mass is 298 g/mol. The van der Waals surface area contributed by atoms with Crippen molar-refractivity contribution < 1.29 is 13.6 Å². The van der Waals surface area contributed by atoms with Crippen molar-refractivity contribution in [3.8, 4) is 0 Å². The van der Waals surface area contributed by atoms with Gasteiger partial charge in [-0.2, -0.15) is 4.37 Å². The van der Waals surface area contributed by atoms with E-state index in [9.17, 15) is 13.6 Å². The topological polar surface area (TPSA) is 80.0 Å². The molecule has 1 amide bonds. The van der Waals surface area contributed by atoms with E-state index in [1.807, 2.05) is 0 Å². The lowest BCUT2D eigenvalue weighted by Crippen LogP contribution is -2.20. The zero-order valence-electron chi connectivity index (χ0n) is 10.5. The molecule has 0 radical (unpaired) electrons. The van der Waals surface area contributed by atoms with Crippen LogP contribution in [0.15, 0.2) is 18.2 Å². The number of amides is 1. The quantitative estimate of drug-likeness (QED) is 0.806. The van der Waals surface area contributed by atoms with Gasteiger partial charge in [0.1, 0.15) is 22.2 Å². The van der Waals surface area contributed by atoms with Crippen LogP contribution in [0.5, 0.6) is 0 Å². The van der Waals surface area contributed by atoms with Gasteiger partial charge in [-0.1, -0.05) is 0 Å². The third kappa shape index (κ3) is 2.85. The van der Waals surface area contributed by atoms with Crippen LogP contribution in [0.3, 0.4) is 0 Å². The average molecular weight is 298 g/mol. The molecular formula is C12H12F2N4OS. The Labute approximate surface area is 118 Å². The third-order valence-electron chi connectivity index (χ3n) is 2.62. The van der Waals surface area contributed by atoms with Crippen molar-refractivity contribution in [1.82, 2.24) is 9.69 Å². The van der Waals surface area contributed by atoms with Gasteiger partial charge in [0.2, 0.25) is 0 Å². The lowest BCUT2D eigenvalue weighted by Gasteiger charge is -2.07. The molecule has 0 aliphatic rings. The van der Waals surface area contributed by atoms with Gasteiger partial charge < -0.3 is 16.4 Å². The number of carbonyl (C=O) groups is 1. The molecule has 0 fully saturated rings. The van der Waals surface area contributed by atoms with Gasteiger partial charge in [0.25, 0.3) is 5.91 Å². The lowest BCUT2D eigenvalue weighted by molar-refractivity contribution is 0.0965. The van der Waals surface area contributed by atoms with Crippen molar-refractivity contribution in [1.29, 1.82) is 0 Å². The third-order valence-corrected chi connectivity index (χ3v) is 3.44. The standard InChI is InChI=1S/C12H12F2N4OS/c1-16-11(19)9-10(15)18-20-12(9)17-5-6-4-7(13)2-3-8(6)14/h2-4,17H,5H2,1H3,(H2,15,18)(H,16,19). The van der Waals surface area contributed by atoms with Gasteiger partial charge in [-0.05, 0) is 29.7 Å². The molecular weight excluding hydrogens is 286 g/mol. The molecule has 0 aliphatic heterocycles. The number of halogens is 2. The lowest BCUT2D eigenvalue weighted by atomic mass is 10.2. The maximum atomic E-state index is 13.5. The number of nitrogens with zero attached hydrogens (tertiary/aromatic N) is 1. The average Bonchev–Trinajstić information content (AvgIpc) is 2.80. The molecule has 0 aliphatic carbocycles. The Bertz CT molecular complexity index is 644. The highest BCUT2D eigenvalue weighted by molar-refractivity contribution is 7.11. The van der Waals surface area contributed by atoms with Crippen molar-refractivity contribution in [3.63, 3.8) is 0 Å². The Morgan fingerprint density at radius 2 is 2.20 bits per heavy atom. The first-order chi connectivity index (χ1) is 9.52. The minimum absolute atomic E-state index is 0.0230. The molecule has 0 atom stereocenters. The fraction of sp³-hybridized carbons (Fsp3) is 0.167. The highest BCUT2D eigenvalue weighted by atomic mass is 32.1. The number of nitrogen functional groups attached to an aromatic ring is 1. The van der Waals surface area contributed by atoms with Crippen LogP contribution < -0.4 is 16.4 Å². The number of nitrogens with one attached hydrogen (secondary N) is 2. The van der Waals surface area contributed by atoms with Gasteiger partial charge >= 0.3 is 0 Å². The summed E-state index contributed by atoms with van der Waals surface area (Å²) in [7, 11) is 1.47. The first-order valence-corrected chi connectivity index (χ1v) is 6.45. The number of nitrogens with two attached hydrogens (primary N) is 1. The predicted octanol–water partition coefficient (Wildman–Crippen LogP) is 1.98. The minimum Gasteiger partial charge on any atom is -0.382 e. The molecule has 0 unspecified atom stereocenters. The van der Waals surface area contributed by atoms with E-state index >= 15 is 0 Å². The molecule has 0 spiro atoms. The molecule has 2 rings (SSSR count). The van der Waals surface area contributed by atoms with E-state index in [0.717, 1.165) is 29.7 Å². The van der Waals surface area contributed by atoms with Gasteiger partial charge in [0.05, 0.1) is 0 Å². The summed E-state index contributed by atoms with van der Waals surface area (Å²) in [5, 5.41) is 5.69. The molecule has 20 heavy (non-hydrogen) atoms. The van der Waals surface area contributed by atoms with E-state index in [4.69, 9.17) is 5.73 Å². The molecule has 1 heterocycles. The molecule has 1 aromatic carbocycles. The van der Waals surface area contributed by atoms with Crippen LogP contribution in [0.25, 0.3) is 0 Å². The second kappa shape index (κ2) is 5.83. The summed E-state index contributed by atoms with van der Waals surface area (Å²) in [6.45, 7) is 0.0230. The van der Waals surface area contributed by atoms with Crippen LogP contribution in [0.2, 0.25) is 0 Å². The van der Waals surface area contributed by atoms with E-state index in [1.54, 1.807) is 0 Å². The van der Waals surface area contributed by atoms with Crippen molar-refractivity contribution in [2.45, 2.75) is 6.54 Å². The normalized spacial score (nSPS) is 10.3. The zero-order chi connectivity index (χ0) is 14.7. The van der Waals surface area contributed by atoms with Gasteiger partial charge in [-0.25, -0.2) is 8.78 Å². The Hall–Kier alpha value is -2.22. The maximum Gasteiger partial charge on any atom is 0.257 e. The maximum absolute atomic E-state index is 13.5. The van der Waals surface area contributed by atoms with Crippen LogP contribution >= 0.6 is 11.5 Å². The zero-order valence-corrected chi connectivity index (χ0v) is 11.4. The first kappa shape index (κ1) is 14.2. The predicted molar refractivity (Wildman–Crippen MR) is 73.6 cm³/mol. The summed E-state index contributed by atoms with van der Waals surface area (Å²) in [5.41, 5.74) is 5.96. The number of hydrogen-bond acceptors (Lipinski definition) is 5. The van der Waals surface area contributed by atoms with Crippen molar-refractivity contribution in [2.24, 2.45) is 0 Å². The second-order valence-corrected chi connectivity index (χ2v) is 4.71. The number of anilines is 2. The Morgan fingerprint density at radius 1 is 1.45 bits per heavy atom. The fourth-order valence-corrected chi connectivity index (χ4v) is 2.33. The molecule has 4 N–H and O–H groups in total. The van der Waals surface area contributed by atoms with Gasteiger partial charge in [-0.15, -0.1) is 0 Å². The molecule has 106 valence electrons. The summed E-state index contributed by atoms with van der Waals surface area (Å²) in [4.78, 5) is 11.7. The Morgan fingerprint density at radius 3 is 2.90 bits per heavy atom. The van der Waals surface area contributed by atoms with Crippen LogP contribution in [0.4, 0.5) is 19.6 Å². The molecule has 2 aromatic rings. The number of hydrogen-bond donors (Lipinski definition) is 3. The number of benzene rings is 1. The highest BCUT2D eigenvalue weighted by Crippen LogP contribution is 2.27. The van der Waals surface area contributed by atoms with E-state index < -0.39 is 17.5 Å². The van der Waals surface area contributed by atoms with E-state index in [0.29, 0.717) is 5.00 Å². The van der Waals surface area contributed by atoms with Gasteiger partial charge in [0, 0.05) is 19.2 Å². The summed E-state index contributed by atoms with van der Waals surface area (Å²) < 4.78 is 30.4. The van der Waals surface area contributed by atoms with Crippen molar-refractivity contribution >= 4 is 28.3 Å². The molecule has 8 heteroatoms. The molecule has 0 bridgehead atoms. The van der Waals surface area contributed by atoms with Crippen LogP contribution in [-0.2, 0) is 6.54 Å². The smallest absolute Gasteiger partial charge is 0.257 e. The largest absolute Gasteiger partial charge is 0.382 e. The minimum atomic E-state index is -0.530. The Kier molecular flexibility index (Phi) is 4.14. The van der Waals surface area contributed by atoms with Crippen LogP contribution in [0.1, 0.15) is 15.9 Å². The fourth-order valence-electron chi connectivity index (χ4n) is 1.62. The van der Waals surface area contributed by atoms with E-state index in [2.05, 4.69) is 15.0 Å². The van der Waals surface area contributed by atoms with E-state index in [1.165, 1.54) is 7.05 Å².